The van der Waals surface area contributed by atoms with Gasteiger partial charge in [0.15, 0.2) is 6.10 Å². The Labute approximate surface area is 148 Å². The third-order valence-electron chi connectivity index (χ3n) is 4.56. The van der Waals surface area contributed by atoms with Crippen molar-refractivity contribution in [3.8, 4) is 6.07 Å². The smallest absolute Gasteiger partial charge is 0.338 e. The first kappa shape index (κ1) is 18.8. The molecule has 25 heavy (non-hydrogen) atoms. The molecule has 0 spiro atoms. The molecule has 1 fully saturated rings. The van der Waals surface area contributed by atoms with E-state index in [1.807, 2.05) is 31.1 Å². The second kappa shape index (κ2) is 8.02. The van der Waals surface area contributed by atoms with Gasteiger partial charge in [0.2, 0.25) is 0 Å². The highest BCUT2D eigenvalue weighted by molar-refractivity contribution is 5.92. The van der Waals surface area contributed by atoms with E-state index in [1.165, 1.54) is 6.92 Å². The molecular weight excluding hydrogens is 318 g/mol. The van der Waals surface area contributed by atoms with Gasteiger partial charge in [0.1, 0.15) is 5.54 Å². The van der Waals surface area contributed by atoms with Crippen molar-refractivity contribution in [2.45, 2.75) is 50.7 Å². The molecule has 6 nitrogen and oxygen atoms in total. The molecule has 1 amide bonds. The van der Waals surface area contributed by atoms with Gasteiger partial charge in [-0.2, -0.15) is 5.26 Å². The monoisotopic (exact) mass is 343 g/mol. The summed E-state index contributed by atoms with van der Waals surface area (Å²) in [5.41, 5.74) is 0.525. The summed E-state index contributed by atoms with van der Waals surface area (Å²) in [5, 5.41) is 12.2. The maximum atomic E-state index is 12.3. The van der Waals surface area contributed by atoms with Crippen molar-refractivity contribution in [1.82, 2.24) is 5.32 Å². The number of nitriles is 1. The molecule has 0 bridgehead atoms. The molecule has 0 unspecified atom stereocenters. The lowest BCUT2D eigenvalue weighted by molar-refractivity contribution is -0.130. The number of hydrogen-bond acceptors (Lipinski definition) is 5. The molecule has 1 aromatic carbocycles. The Bertz CT molecular complexity index is 655. The fraction of sp³-hybridized carbons (Fsp3) is 0.526. The molecule has 1 aliphatic rings. The van der Waals surface area contributed by atoms with Crippen LogP contribution in [0.5, 0.6) is 0 Å². The number of nitrogens with one attached hydrogen (secondary N) is 1. The molecule has 1 aliphatic carbocycles. The van der Waals surface area contributed by atoms with Crippen molar-refractivity contribution in [1.29, 1.82) is 5.26 Å². The zero-order valence-electron chi connectivity index (χ0n) is 15.0. The Kier molecular flexibility index (Phi) is 6.02. The van der Waals surface area contributed by atoms with Crippen molar-refractivity contribution in [2.75, 3.05) is 19.0 Å². The van der Waals surface area contributed by atoms with Crippen LogP contribution in [0.15, 0.2) is 24.3 Å². The fourth-order valence-electron chi connectivity index (χ4n) is 2.94. The molecule has 0 aliphatic heterocycles. The van der Waals surface area contributed by atoms with Crippen molar-refractivity contribution in [3.05, 3.63) is 29.8 Å². The van der Waals surface area contributed by atoms with Crippen molar-refractivity contribution >= 4 is 17.6 Å². The van der Waals surface area contributed by atoms with Crippen LogP contribution in [-0.4, -0.2) is 37.6 Å². The molecule has 0 saturated heterocycles. The number of hydrogen-bond donors (Lipinski definition) is 1. The molecular formula is C19H25N3O3. The summed E-state index contributed by atoms with van der Waals surface area (Å²) in [7, 11) is 3.83. The van der Waals surface area contributed by atoms with Crippen LogP contribution >= 0.6 is 0 Å². The van der Waals surface area contributed by atoms with Crippen LogP contribution in [0.2, 0.25) is 0 Å². The van der Waals surface area contributed by atoms with E-state index < -0.39 is 23.5 Å². The Hall–Kier alpha value is -2.55. The topological polar surface area (TPSA) is 82.4 Å². The lowest BCUT2D eigenvalue weighted by Crippen LogP contribution is -2.52. The first-order valence-corrected chi connectivity index (χ1v) is 8.58. The lowest BCUT2D eigenvalue weighted by atomic mass is 9.83. The molecule has 134 valence electrons. The number of amides is 1. The Morgan fingerprint density at radius 3 is 2.32 bits per heavy atom. The number of carbonyl (C=O) groups excluding carboxylic acids is 2. The number of nitrogens with zero attached hydrogens (tertiary/aromatic N) is 2. The van der Waals surface area contributed by atoms with Crippen LogP contribution in [0.1, 0.15) is 49.4 Å². The minimum Gasteiger partial charge on any atom is -0.449 e. The van der Waals surface area contributed by atoms with E-state index in [2.05, 4.69) is 11.4 Å². The number of carbonyl (C=O) groups is 2. The summed E-state index contributed by atoms with van der Waals surface area (Å²) >= 11 is 0. The SMILES string of the molecule is C[C@H](OC(=O)c1ccc(N(C)C)cc1)C(=O)NC1(C#N)CCCCC1. The largest absolute Gasteiger partial charge is 0.449 e. The van der Waals surface area contributed by atoms with E-state index in [-0.39, 0.29) is 0 Å². The van der Waals surface area contributed by atoms with Gasteiger partial charge in [0, 0.05) is 19.8 Å². The summed E-state index contributed by atoms with van der Waals surface area (Å²) in [5.74, 6) is -0.982. The lowest BCUT2D eigenvalue weighted by Gasteiger charge is -2.32. The molecule has 0 radical (unpaired) electrons. The van der Waals surface area contributed by atoms with Gasteiger partial charge >= 0.3 is 5.97 Å². The second-order valence-corrected chi connectivity index (χ2v) is 6.73. The average Bonchev–Trinajstić information content (AvgIpc) is 2.62. The zero-order chi connectivity index (χ0) is 18.4. The summed E-state index contributed by atoms with van der Waals surface area (Å²) in [6.07, 6.45) is 3.24. The molecule has 6 heteroatoms. The molecule has 0 aromatic heterocycles. The van der Waals surface area contributed by atoms with Gasteiger partial charge in [0.05, 0.1) is 11.6 Å². The number of anilines is 1. The van der Waals surface area contributed by atoms with Crippen LogP contribution in [0.3, 0.4) is 0 Å². The standard InChI is InChI=1S/C19H25N3O3/c1-14(17(23)21-19(13-20)11-5-4-6-12-19)25-18(24)15-7-9-16(10-8-15)22(2)3/h7-10,14H,4-6,11-12H2,1-3H3,(H,21,23)/t14-/m0/s1. The van der Waals surface area contributed by atoms with Crippen LogP contribution in [0.4, 0.5) is 5.69 Å². The highest BCUT2D eigenvalue weighted by Gasteiger charge is 2.35. The third kappa shape index (κ3) is 4.72. The molecule has 2 rings (SSSR count). The quantitative estimate of drug-likeness (QED) is 0.831. The maximum absolute atomic E-state index is 12.3. The van der Waals surface area contributed by atoms with E-state index in [0.717, 1.165) is 24.9 Å². The van der Waals surface area contributed by atoms with Gasteiger partial charge in [0.25, 0.3) is 5.91 Å². The maximum Gasteiger partial charge on any atom is 0.338 e. The van der Waals surface area contributed by atoms with Gasteiger partial charge < -0.3 is 15.0 Å². The minimum absolute atomic E-state index is 0.387. The second-order valence-electron chi connectivity index (χ2n) is 6.73. The van der Waals surface area contributed by atoms with Gasteiger partial charge in [-0.1, -0.05) is 19.3 Å². The molecule has 1 atom stereocenters. The van der Waals surface area contributed by atoms with E-state index in [4.69, 9.17) is 4.74 Å². The molecule has 1 aromatic rings. The third-order valence-corrected chi connectivity index (χ3v) is 4.56. The van der Waals surface area contributed by atoms with Gasteiger partial charge in [-0.05, 0) is 44.0 Å². The molecule has 1 N–H and O–H groups in total. The Morgan fingerprint density at radius 1 is 1.20 bits per heavy atom. The number of rotatable bonds is 5. The summed E-state index contributed by atoms with van der Waals surface area (Å²) in [6.45, 7) is 1.52. The van der Waals surface area contributed by atoms with Crippen molar-refractivity contribution < 1.29 is 14.3 Å². The van der Waals surface area contributed by atoms with E-state index in [1.54, 1.807) is 12.1 Å². The van der Waals surface area contributed by atoms with Gasteiger partial charge in [-0.15, -0.1) is 0 Å². The summed E-state index contributed by atoms with van der Waals surface area (Å²) in [6, 6.07) is 9.19. The number of benzene rings is 1. The van der Waals surface area contributed by atoms with E-state index >= 15 is 0 Å². The van der Waals surface area contributed by atoms with Crippen molar-refractivity contribution in [3.63, 3.8) is 0 Å². The highest BCUT2D eigenvalue weighted by Crippen LogP contribution is 2.27. The fourth-order valence-corrected chi connectivity index (χ4v) is 2.94. The summed E-state index contributed by atoms with van der Waals surface area (Å²) < 4.78 is 5.26. The molecule has 1 saturated carbocycles. The normalized spacial score (nSPS) is 17.0. The Balaban J connectivity index is 1.95. The number of esters is 1. The van der Waals surface area contributed by atoms with Crippen molar-refractivity contribution in [2.24, 2.45) is 0 Å². The summed E-state index contributed by atoms with van der Waals surface area (Å²) in [4.78, 5) is 26.5. The van der Waals surface area contributed by atoms with Gasteiger partial charge in [-0.3, -0.25) is 4.79 Å². The number of ether oxygens (including phenoxy) is 1. The highest BCUT2D eigenvalue weighted by atomic mass is 16.5. The van der Waals surface area contributed by atoms with Crippen LogP contribution < -0.4 is 10.2 Å². The van der Waals surface area contributed by atoms with E-state index in [0.29, 0.717) is 18.4 Å². The van der Waals surface area contributed by atoms with E-state index in [9.17, 15) is 14.9 Å². The van der Waals surface area contributed by atoms with Crippen LogP contribution in [-0.2, 0) is 9.53 Å². The first-order chi connectivity index (χ1) is 11.9. The first-order valence-electron chi connectivity index (χ1n) is 8.58. The average molecular weight is 343 g/mol. The van der Waals surface area contributed by atoms with Crippen LogP contribution in [0.25, 0.3) is 0 Å². The predicted molar refractivity (Wildman–Crippen MR) is 95.2 cm³/mol. The minimum atomic E-state index is -0.951. The van der Waals surface area contributed by atoms with Crippen LogP contribution in [0, 0.1) is 11.3 Å². The Morgan fingerprint density at radius 2 is 1.80 bits per heavy atom. The predicted octanol–water partition coefficient (Wildman–Crippen LogP) is 2.64. The zero-order valence-corrected chi connectivity index (χ0v) is 15.0. The van der Waals surface area contributed by atoms with Gasteiger partial charge in [-0.25, -0.2) is 4.79 Å². The molecule has 0 heterocycles.